The van der Waals surface area contributed by atoms with E-state index in [0.29, 0.717) is 22.0 Å². The lowest BCUT2D eigenvalue weighted by Crippen LogP contribution is -2.20. The number of thiazole rings is 1. The van der Waals surface area contributed by atoms with Crippen LogP contribution in [0.15, 0.2) is 47.8 Å². The molecule has 150 valence electrons. The molecule has 0 aliphatic rings. The molecule has 7 nitrogen and oxygen atoms in total. The first-order chi connectivity index (χ1) is 13.8. The number of aromatic nitrogens is 1. The van der Waals surface area contributed by atoms with E-state index in [9.17, 15) is 14.7 Å². The Morgan fingerprint density at radius 2 is 1.90 bits per heavy atom. The fourth-order valence-electron chi connectivity index (χ4n) is 2.58. The maximum absolute atomic E-state index is 12.1. The first-order valence-corrected chi connectivity index (χ1v) is 9.71. The van der Waals surface area contributed by atoms with Crippen LogP contribution < -0.4 is 10.2 Å². The van der Waals surface area contributed by atoms with Crippen molar-refractivity contribution in [2.75, 3.05) is 30.9 Å². The zero-order valence-electron chi connectivity index (χ0n) is 16.3. The molecule has 0 saturated carbocycles. The SMILES string of the molecule is Cc1ccc(-c2csc(NC(=O)COC(=O)c3ccc(N(C)C)cc3)n2)c(O)c1. The summed E-state index contributed by atoms with van der Waals surface area (Å²) in [5, 5.41) is 14.7. The number of esters is 1. The van der Waals surface area contributed by atoms with Crippen LogP contribution in [0.2, 0.25) is 0 Å². The molecule has 2 N–H and O–H groups in total. The normalized spacial score (nSPS) is 10.4. The molecule has 0 aliphatic heterocycles. The number of aromatic hydroxyl groups is 1. The van der Waals surface area contributed by atoms with Crippen LogP contribution in [-0.2, 0) is 9.53 Å². The minimum atomic E-state index is -0.574. The lowest BCUT2D eigenvalue weighted by Gasteiger charge is -2.12. The van der Waals surface area contributed by atoms with Crippen LogP contribution in [0.1, 0.15) is 15.9 Å². The summed E-state index contributed by atoms with van der Waals surface area (Å²) in [4.78, 5) is 30.4. The molecule has 3 aromatic rings. The monoisotopic (exact) mass is 411 g/mol. The number of carbonyl (C=O) groups excluding carboxylic acids is 2. The number of hydrogen-bond donors (Lipinski definition) is 2. The Morgan fingerprint density at radius 1 is 1.17 bits per heavy atom. The first-order valence-electron chi connectivity index (χ1n) is 8.83. The predicted molar refractivity (Wildman–Crippen MR) is 114 cm³/mol. The number of anilines is 2. The maximum Gasteiger partial charge on any atom is 0.338 e. The third kappa shape index (κ3) is 5.11. The number of phenolic OH excluding ortho intramolecular Hbond substituents is 1. The van der Waals surface area contributed by atoms with E-state index in [4.69, 9.17) is 4.74 Å². The van der Waals surface area contributed by atoms with Crippen molar-refractivity contribution in [3.05, 3.63) is 59.0 Å². The molecule has 1 amide bonds. The fourth-order valence-corrected chi connectivity index (χ4v) is 3.31. The highest BCUT2D eigenvalue weighted by Gasteiger charge is 2.14. The summed E-state index contributed by atoms with van der Waals surface area (Å²) in [6.07, 6.45) is 0. The van der Waals surface area contributed by atoms with Gasteiger partial charge in [0.2, 0.25) is 0 Å². The summed E-state index contributed by atoms with van der Waals surface area (Å²) in [6.45, 7) is 1.47. The molecule has 0 atom stereocenters. The Morgan fingerprint density at radius 3 is 2.55 bits per heavy atom. The third-order valence-electron chi connectivity index (χ3n) is 4.13. The second-order valence-corrected chi connectivity index (χ2v) is 7.48. The first kappa shape index (κ1) is 20.3. The molecule has 0 unspecified atom stereocenters. The zero-order chi connectivity index (χ0) is 21.0. The lowest BCUT2D eigenvalue weighted by atomic mass is 10.1. The molecule has 0 saturated heterocycles. The molecule has 1 heterocycles. The Balaban J connectivity index is 1.56. The van der Waals surface area contributed by atoms with E-state index in [1.807, 2.05) is 32.0 Å². The number of nitrogens with one attached hydrogen (secondary N) is 1. The van der Waals surface area contributed by atoms with Crippen LogP contribution >= 0.6 is 11.3 Å². The van der Waals surface area contributed by atoms with Crippen molar-refractivity contribution < 1.29 is 19.4 Å². The van der Waals surface area contributed by atoms with E-state index in [-0.39, 0.29) is 5.75 Å². The number of aryl methyl sites for hydroxylation is 1. The van der Waals surface area contributed by atoms with Gasteiger partial charge in [0, 0.05) is 30.7 Å². The number of amides is 1. The van der Waals surface area contributed by atoms with Crippen molar-refractivity contribution in [2.45, 2.75) is 6.92 Å². The van der Waals surface area contributed by atoms with Crippen molar-refractivity contribution in [1.29, 1.82) is 0 Å². The number of carbonyl (C=O) groups is 2. The van der Waals surface area contributed by atoms with Crippen LogP contribution in [0.4, 0.5) is 10.8 Å². The Hall–Kier alpha value is -3.39. The number of phenols is 1. The van der Waals surface area contributed by atoms with E-state index < -0.39 is 18.5 Å². The molecular formula is C21H21N3O4S. The Kier molecular flexibility index (Phi) is 6.13. The summed E-state index contributed by atoms with van der Waals surface area (Å²) in [5.74, 6) is -0.936. The van der Waals surface area contributed by atoms with Gasteiger partial charge in [0.1, 0.15) is 5.75 Å². The van der Waals surface area contributed by atoms with Gasteiger partial charge in [0.15, 0.2) is 11.7 Å². The van der Waals surface area contributed by atoms with Gasteiger partial charge in [0.25, 0.3) is 5.91 Å². The van der Waals surface area contributed by atoms with Gasteiger partial charge in [0.05, 0.1) is 11.3 Å². The second-order valence-electron chi connectivity index (χ2n) is 6.62. The summed E-state index contributed by atoms with van der Waals surface area (Å²) >= 11 is 1.22. The summed E-state index contributed by atoms with van der Waals surface area (Å²) in [6, 6.07) is 12.2. The second kappa shape index (κ2) is 8.74. The molecule has 0 radical (unpaired) electrons. The zero-order valence-corrected chi connectivity index (χ0v) is 17.1. The summed E-state index contributed by atoms with van der Waals surface area (Å²) < 4.78 is 5.06. The molecule has 29 heavy (non-hydrogen) atoms. The summed E-state index contributed by atoms with van der Waals surface area (Å²) in [5.41, 5.74) is 3.40. The molecule has 0 bridgehead atoms. The van der Waals surface area contributed by atoms with Gasteiger partial charge in [-0.2, -0.15) is 0 Å². The molecule has 8 heteroatoms. The van der Waals surface area contributed by atoms with Crippen LogP contribution in [0.5, 0.6) is 5.75 Å². The van der Waals surface area contributed by atoms with E-state index in [1.165, 1.54) is 11.3 Å². The van der Waals surface area contributed by atoms with E-state index in [0.717, 1.165) is 11.3 Å². The van der Waals surface area contributed by atoms with Crippen molar-refractivity contribution in [3.63, 3.8) is 0 Å². The van der Waals surface area contributed by atoms with Gasteiger partial charge in [-0.05, 0) is 48.9 Å². The molecular weight excluding hydrogens is 390 g/mol. The average Bonchev–Trinajstić information content (AvgIpc) is 3.14. The topological polar surface area (TPSA) is 91.8 Å². The molecule has 3 rings (SSSR count). The Labute approximate surface area is 172 Å². The highest BCUT2D eigenvalue weighted by Crippen LogP contribution is 2.32. The molecule has 0 aliphatic carbocycles. The van der Waals surface area contributed by atoms with Crippen molar-refractivity contribution in [1.82, 2.24) is 4.98 Å². The largest absolute Gasteiger partial charge is 0.507 e. The van der Waals surface area contributed by atoms with Crippen molar-refractivity contribution >= 4 is 34.0 Å². The lowest BCUT2D eigenvalue weighted by molar-refractivity contribution is -0.119. The minimum Gasteiger partial charge on any atom is -0.507 e. The van der Waals surface area contributed by atoms with E-state index in [2.05, 4.69) is 10.3 Å². The van der Waals surface area contributed by atoms with Gasteiger partial charge >= 0.3 is 5.97 Å². The molecule has 0 fully saturated rings. The van der Waals surface area contributed by atoms with Crippen molar-refractivity contribution in [2.24, 2.45) is 0 Å². The summed E-state index contributed by atoms with van der Waals surface area (Å²) in [7, 11) is 3.81. The predicted octanol–water partition coefficient (Wildman–Crippen LogP) is 3.69. The van der Waals surface area contributed by atoms with E-state index >= 15 is 0 Å². The van der Waals surface area contributed by atoms with Crippen molar-refractivity contribution in [3.8, 4) is 17.0 Å². The standard InChI is InChI=1S/C21H21N3O4S/c1-13-4-9-16(18(25)10-13)17-12-29-21(22-17)23-19(26)11-28-20(27)14-5-7-15(8-6-14)24(2)3/h4-10,12,25H,11H2,1-3H3,(H,22,23,26). The highest BCUT2D eigenvalue weighted by atomic mass is 32.1. The van der Waals surface area contributed by atoms with E-state index in [1.54, 1.807) is 41.8 Å². The quantitative estimate of drug-likeness (QED) is 0.601. The average molecular weight is 411 g/mol. The van der Waals surface area contributed by atoms with Crippen LogP contribution in [0.3, 0.4) is 0 Å². The minimum absolute atomic E-state index is 0.127. The van der Waals surface area contributed by atoms with Gasteiger partial charge in [-0.25, -0.2) is 9.78 Å². The van der Waals surface area contributed by atoms with Gasteiger partial charge < -0.3 is 14.7 Å². The number of rotatable bonds is 6. The highest BCUT2D eigenvalue weighted by molar-refractivity contribution is 7.14. The molecule has 0 spiro atoms. The smallest absolute Gasteiger partial charge is 0.338 e. The molecule has 1 aromatic heterocycles. The fraction of sp³-hybridized carbons (Fsp3) is 0.190. The van der Waals surface area contributed by atoms with Crippen LogP contribution in [0.25, 0.3) is 11.3 Å². The van der Waals surface area contributed by atoms with Gasteiger partial charge in [-0.3, -0.25) is 10.1 Å². The van der Waals surface area contributed by atoms with Gasteiger partial charge in [-0.1, -0.05) is 6.07 Å². The molecule has 2 aromatic carbocycles. The van der Waals surface area contributed by atoms with Gasteiger partial charge in [-0.15, -0.1) is 11.3 Å². The Bertz CT molecular complexity index is 1030. The van der Waals surface area contributed by atoms with Crippen LogP contribution in [0, 0.1) is 6.92 Å². The van der Waals surface area contributed by atoms with Crippen LogP contribution in [-0.4, -0.2) is 42.7 Å². The number of ether oxygens (including phenoxy) is 1. The maximum atomic E-state index is 12.1. The number of nitrogens with zero attached hydrogens (tertiary/aromatic N) is 2. The number of hydrogen-bond acceptors (Lipinski definition) is 7. The third-order valence-corrected chi connectivity index (χ3v) is 4.89. The number of benzene rings is 2.